The van der Waals surface area contributed by atoms with Gasteiger partial charge in [-0.05, 0) is 0 Å². The van der Waals surface area contributed by atoms with Crippen molar-refractivity contribution in [3.05, 3.63) is 12.7 Å². The quantitative estimate of drug-likeness (QED) is 0.435. The molecular formula is C6H10S2Sn. The molecule has 0 aromatic heterocycles. The van der Waals surface area contributed by atoms with Crippen LogP contribution in [0.25, 0.3) is 0 Å². The van der Waals surface area contributed by atoms with Crippen LogP contribution in [-0.4, -0.2) is 30.1 Å². The van der Waals surface area contributed by atoms with E-state index in [1.165, 1.54) is 16.6 Å². The minimum atomic E-state index is -0.0608. The van der Waals surface area contributed by atoms with Crippen LogP contribution in [-0.2, 0) is 0 Å². The van der Waals surface area contributed by atoms with Crippen LogP contribution in [0.5, 0.6) is 0 Å². The molecule has 0 nitrogen and oxygen atoms in total. The van der Waals surface area contributed by atoms with Gasteiger partial charge in [-0.3, -0.25) is 0 Å². The van der Waals surface area contributed by atoms with Crippen molar-refractivity contribution in [2.75, 3.05) is 5.75 Å². The van der Waals surface area contributed by atoms with E-state index in [2.05, 4.69) is 33.4 Å². The average molecular weight is 265 g/mol. The molecular weight excluding hydrogens is 255 g/mol. The Hall–Kier alpha value is 1.24. The van der Waals surface area contributed by atoms with Crippen molar-refractivity contribution in [2.24, 2.45) is 0 Å². The summed E-state index contributed by atoms with van der Waals surface area (Å²) in [4.78, 5) is 0. The van der Waals surface area contributed by atoms with Crippen molar-refractivity contribution < 1.29 is 0 Å². The zero-order valence-corrected chi connectivity index (χ0v) is 9.79. The first-order valence-electron chi connectivity index (χ1n) is 3.04. The van der Waals surface area contributed by atoms with Crippen molar-refractivity contribution >= 4 is 40.5 Å². The van der Waals surface area contributed by atoms with Crippen LogP contribution < -0.4 is 0 Å². The Balaban J connectivity index is 1.85. The van der Waals surface area contributed by atoms with Gasteiger partial charge in [0.25, 0.3) is 0 Å². The Morgan fingerprint density at radius 1 is 1.89 bits per heavy atom. The summed E-state index contributed by atoms with van der Waals surface area (Å²) in [6, 6.07) is 0. The molecule has 0 aromatic carbocycles. The molecule has 2 radical (unpaired) electrons. The Labute approximate surface area is 73.9 Å². The Morgan fingerprint density at radius 2 is 2.67 bits per heavy atom. The summed E-state index contributed by atoms with van der Waals surface area (Å²) in [5.74, 6) is 1.41. The van der Waals surface area contributed by atoms with Crippen LogP contribution in [0.2, 0.25) is 4.44 Å². The van der Waals surface area contributed by atoms with E-state index in [1.54, 1.807) is 0 Å². The second-order valence-electron chi connectivity index (χ2n) is 1.84. The molecule has 1 rings (SSSR count). The zero-order valence-electron chi connectivity index (χ0n) is 5.30. The van der Waals surface area contributed by atoms with Gasteiger partial charge in [0.15, 0.2) is 0 Å². The molecule has 3 heteroatoms. The topological polar surface area (TPSA) is 0 Å². The molecule has 50 valence electrons. The molecule has 0 N–H and O–H groups in total. The first-order valence-corrected chi connectivity index (χ1v) is 10.5. The first-order chi connectivity index (χ1) is 4.43. The van der Waals surface area contributed by atoms with Gasteiger partial charge in [0.1, 0.15) is 0 Å². The van der Waals surface area contributed by atoms with Gasteiger partial charge in [-0.25, -0.2) is 0 Å². The SMILES string of the molecule is C=C[CH2][Sn][S]C1CCS1. The van der Waals surface area contributed by atoms with E-state index >= 15 is 0 Å². The van der Waals surface area contributed by atoms with Gasteiger partial charge >= 0.3 is 74.3 Å². The Bertz CT molecular complexity index is 91.1. The summed E-state index contributed by atoms with van der Waals surface area (Å²) in [6.45, 7) is 3.72. The Kier molecular flexibility index (Phi) is 4.60. The maximum absolute atomic E-state index is 3.72. The van der Waals surface area contributed by atoms with Crippen molar-refractivity contribution in [3.63, 3.8) is 0 Å². The van der Waals surface area contributed by atoms with E-state index in [1.807, 2.05) is 0 Å². The molecule has 0 aliphatic carbocycles. The van der Waals surface area contributed by atoms with E-state index in [0.29, 0.717) is 0 Å². The van der Waals surface area contributed by atoms with Gasteiger partial charge < -0.3 is 0 Å². The van der Waals surface area contributed by atoms with Crippen molar-refractivity contribution in [2.45, 2.75) is 15.4 Å². The number of thioether (sulfide) groups is 1. The van der Waals surface area contributed by atoms with Crippen LogP contribution in [0, 0.1) is 0 Å². The first kappa shape index (κ1) is 8.34. The molecule has 9 heavy (non-hydrogen) atoms. The second kappa shape index (κ2) is 4.96. The summed E-state index contributed by atoms with van der Waals surface area (Å²) >= 11 is 2.07. The van der Waals surface area contributed by atoms with Crippen LogP contribution in [0.15, 0.2) is 12.7 Å². The molecule has 1 heterocycles. The fraction of sp³-hybridized carbons (Fsp3) is 0.667. The van der Waals surface area contributed by atoms with Crippen LogP contribution in [0.4, 0.5) is 0 Å². The van der Waals surface area contributed by atoms with Gasteiger partial charge in [-0.15, -0.1) is 0 Å². The standard InChI is InChI=1S/C3H6S2.C3H5.Sn/c4-3-1-2-5-3;1-3-2;/h3-4H,1-2H2;3H,1-2H2;/q;;+1/p-1. The molecule has 1 fully saturated rings. The summed E-state index contributed by atoms with van der Waals surface area (Å²) in [6.07, 6.45) is 3.54. The number of hydrogen-bond donors (Lipinski definition) is 0. The van der Waals surface area contributed by atoms with Crippen molar-refractivity contribution in [1.29, 1.82) is 0 Å². The molecule has 0 amide bonds. The fourth-order valence-electron chi connectivity index (χ4n) is 0.507. The molecule has 1 aliphatic heterocycles. The van der Waals surface area contributed by atoms with Crippen LogP contribution in [0.3, 0.4) is 0 Å². The molecule has 0 spiro atoms. The zero-order chi connectivity index (χ0) is 6.53. The predicted molar refractivity (Wildman–Crippen MR) is 49.2 cm³/mol. The monoisotopic (exact) mass is 266 g/mol. The van der Waals surface area contributed by atoms with Crippen LogP contribution >= 0.6 is 20.7 Å². The van der Waals surface area contributed by atoms with Gasteiger partial charge in [0.05, 0.1) is 0 Å². The molecule has 0 bridgehead atoms. The average Bonchev–Trinajstić information content (AvgIpc) is 1.76. The predicted octanol–water partition coefficient (Wildman–Crippen LogP) is 2.41. The fourth-order valence-corrected chi connectivity index (χ4v) is 9.85. The van der Waals surface area contributed by atoms with E-state index in [4.69, 9.17) is 0 Å². The molecule has 1 saturated heterocycles. The number of allylic oxidation sites excluding steroid dienone is 1. The van der Waals surface area contributed by atoms with E-state index < -0.39 is 0 Å². The molecule has 1 atom stereocenters. The molecule has 1 aliphatic rings. The van der Waals surface area contributed by atoms with Gasteiger partial charge in [-0.1, -0.05) is 0 Å². The minimum absolute atomic E-state index is 0.0608. The Morgan fingerprint density at radius 3 is 3.11 bits per heavy atom. The van der Waals surface area contributed by atoms with Crippen LogP contribution in [0.1, 0.15) is 6.42 Å². The van der Waals surface area contributed by atoms with Gasteiger partial charge in [0.2, 0.25) is 0 Å². The third-order valence-electron chi connectivity index (χ3n) is 1.10. The van der Waals surface area contributed by atoms with E-state index in [0.717, 1.165) is 4.58 Å². The summed E-state index contributed by atoms with van der Waals surface area (Å²) in [5, 5.41) is 0. The van der Waals surface area contributed by atoms with Gasteiger partial charge in [0, 0.05) is 0 Å². The molecule has 1 unspecified atom stereocenters. The molecule has 0 saturated carbocycles. The maximum atomic E-state index is 3.72. The molecule has 0 aromatic rings. The normalized spacial score (nSPS) is 25.1. The number of rotatable bonds is 4. The van der Waals surface area contributed by atoms with E-state index in [9.17, 15) is 0 Å². The van der Waals surface area contributed by atoms with Crippen molar-refractivity contribution in [3.8, 4) is 0 Å². The van der Waals surface area contributed by atoms with Gasteiger partial charge in [-0.2, -0.15) is 0 Å². The summed E-state index contributed by atoms with van der Waals surface area (Å²) in [7, 11) is 2.25. The third-order valence-corrected chi connectivity index (χ3v) is 11.3. The number of hydrogen-bond acceptors (Lipinski definition) is 2. The van der Waals surface area contributed by atoms with Crippen molar-refractivity contribution in [1.82, 2.24) is 0 Å². The summed E-state index contributed by atoms with van der Waals surface area (Å²) in [5.41, 5.74) is 0. The summed E-state index contributed by atoms with van der Waals surface area (Å²) < 4.78 is 2.34. The van der Waals surface area contributed by atoms with E-state index in [-0.39, 0.29) is 19.8 Å². The third kappa shape index (κ3) is 3.23. The second-order valence-corrected chi connectivity index (χ2v) is 10.2.